The number of aromatic nitrogens is 2. The van der Waals surface area contributed by atoms with Gasteiger partial charge in [-0.2, -0.15) is 0 Å². The lowest BCUT2D eigenvalue weighted by molar-refractivity contribution is 0.286. The third-order valence-electron chi connectivity index (χ3n) is 4.18. The van der Waals surface area contributed by atoms with Gasteiger partial charge in [0.25, 0.3) is 0 Å². The molecule has 1 heterocycles. The summed E-state index contributed by atoms with van der Waals surface area (Å²) in [5.41, 5.74) is 6.57. The van der Waals surface area contributed by atoms with Crippen LogP contribution in [-0.2, 0) is 6.54 Å². The van der Waals surface area contributed by atoms with Gasteiger partial charge in [0.1, 0.15) is 5.52 Å². The SMILES string of the molecule is CC1(Cn2c(N)nc3ccc(F)c(F)c32)CCCC1. The predicted octanol–water partition coefficient (Wildman–Crippen LogP) is 3.48. The van der Waals surface area contributed by atoms with Crippen molar-refractivity contribution in [3.63, 3.8) is 0 Å². The molecule has 1 aromatic carbocycles. The molecule has 1 aromatic heterocycles. The molecular weight excluding hydrogens is 248 g/mol. The molecule has 0 bridgehead atoms. The number of rotatable bonds is 2. The van der Waals surface area contributed by atoms with E-state index in [0.717, 1.165) is 18.9 Å². The van der Waals surface area contributed by atoms with E-state index < -0.39 is 11.6 Å². The van der Waals surface area contributed by atoms with Crippen LogP contribution in [0.5, 0.6) is 0 Å². The van der Waals surface area contributed by atoms with Crippen molar-refractivity contribution in [3.05, 3.63) is 23.8 Å². The average Bonchev–Trinajstić information content (AvgIpc) is 2.91. The Kier molecular flexibility index (Phi) is 2.73. The van der Waals surface area contributed by atoms with E-state index in [0.29, 0.717) is 12.1 Å². The maximum absolute atomic E-state index is 14.0. The number of nitrogens with two attached hydrogens (primary N) is 1. The summed E-state index contributed by atoms with van der Waals surface area (Å²) in [5.74, 6) is -1.46. The molecule has 2 N–H and O–H groups in total. The maximum atomic E-state index is 14.0. The van der Waals surface area contributed by atoms with Crippen molar-refractivity contribution in [2.24, 2.45) is 5.41 Å². The van der Waals surface area contributed by atoms with E-state index in [2.05, 4.69) is 11.9 Å². The normalized spacial score (nSPS) is 18.3. The third-order valence-corrected chi connectivity index (χ3v) is 4.18. The van der Waals surface area contributed by atoms with E-state index in [1.807, 2.05) is 0 Å². The summed E-state index contributed by atoms with van der Waals surface area (Å²) < 4.78 is 29.0. The Balaban J connectivity index is 2.12. The first-order valence-electron chi connectivity index (χ1n) is 6.60. The van der Waals surface area contributed by atoms with Crippen molar-refractivity contribution >= 4 is 17.0 Å². The second-order valence-corrected chi connectivity index (χ2v) is 5.80. The third kappa shape index (κ3) is 1.97. The summed E-state index contributed by atoms with van der Waals surface area (Å²) in [6.07, 6.45) is 4.53. The van der Waals surface area contributed by atoms with Crippen LogP contribution in [0.15, 0.2) is 12.1 Å². The number of hydrogen-bond acceptors (Lipinski definition) is 2. The van der Waals surface area contributed by atoms with Crippen molar-refractivity contribution in [1.82, 2.24) is 9.55 Å². The minimum absolute atomic E-state index is 0.0977. The fourth-order valence-electron chi connectivity index (χ4n) is 3.10. The molecule has 0 spiro atoms. The number of imidazole rings is 1. The van der Waals surface area contributed by atoms with Crippen LogP contribution in [0, 0.1) is 17.0 Å². The number of anilines is 1. The van der Waals surface area contributed by atoms with Crippen LogP contribution in [0.4, 0.5) is 14.7 Å². The molecular formula is C14H17F2N3. The van der Waals surface area contributed by atoms with Crippen LogP contribution in [0.2, 0.25) is 0 Å². The van der Waals surface area contributed by atoms with Crippen molar-refractivity contribution in [2.75, 3.05) is 5.73 Å². The molecule has 3 rings (SSSR count). The molecule has 5 heteroatoms. The standard InChI is InChI=1S/C14H17F2N3/c1-14(6-2-3-7-14)8-19-12-10(18-13(19)17)5-4-9(15)11(12)16/h4-5H,2-3,6-8H2,1H3,(H2,17,18). The fourth-order valence-corrected chi connectivity index (χ4v) is 3.10. The van der Waals surface area contributed by atoms with Crippen LogP contribution in [0.1, 0.15) is 32.6 Å². The second kappa shape index (κ2) is 4.18. The van der Waals surface area contributed by atoms with E-state index in [-0.39, 0.29) is 16.9 Å². The molecule has 102 valence electrons. The van der Waals surface area contributed by atoms with Crippen LogP contribution >= 0.6 is 0 Å². The average molecular weight is 265 g/mol. The Morgan fingerprint density at radius 2 is 2.00 bits per heavy atom. The van der Waals surface area contributed by atoms with Gasteiger partial charge in [0, 0.05) is 6.54 Å². The van der Waals surface area contributed by atoms with Gasteiger partial charge in [0.2, 0.25) is 5.95 Å². The highest BCUT2D eigenvalue weighted by molar-refractivity contribution is 5.79. The van der Waals surface area contributed by atoms with Crippen LogP contribution < -0.4 is 5.73 Å². The van der Waals surface area contributed by atoms with E-state index >= 15 is 0 Å². The van der Waals surface area contributed by atoms with Crippen LogP contribution in [-0.4, -0.2) is 9.55 Å². The highest BCUT2D eigenvalue weighted by Crippen LogP contribution is 2.40. The summed E-state index contributed by atoms with van der Waals surface area (Å²) in [6, 6.07) is 2.56. The van der Waals surface area contributed by atoms with Crippen molar-refractivity contribution in [1.29, 1.82) is 0 Å². The van der Waals surface area contributed by atoms with Crippen LogP contribution in [0.3, 0.4) is 0 Å². The van der Waals surface area contributed by atoms with Crippen molar-refractivity contribution in [2.45, 2.75) is 39.2 Å². The lowest BCUT2D eigenvalue weighted by atomic mass is 9.89. The van der Waals surface area contributed by atoms with E-state index in [1.54, 1.807) is 4.57 Å². The lowest BCUT2D eigenvalue weighted by Crippen LogP contribution is -2.21. The van der Waals surface area contributed by atoms with Crippen molar-refractivity contribution in [3.8, 4) is 0 Å². The van der Waals surface area contributed by atoms with Crippen LogP contribution in [0.25, 0.3) is 11.0 Å². The molecule has 0 atom stereocenters. The second-order valence-electron chi connectivity index (χ2n) is 5.80. The Labute approximate surface area is 110 Å². The molecule has 1 aliphatic carbocycles. The number of hydrogen-bond donors (Lipinski definition) is 1. The van der Waals surface area contributed by atoms with E-state index in [4.69, 9.17) is 5.73 Å². The quantitative estimate of drug-likeness (QED) is 0.903. The Morgan fingerprint density at radius 3 is 2.68 bits per heavy atom. The number of halogens is 2. The first-order valence-corrected chi connectivity index (χ1v) is 6.60. The Bertz CT molecular complexity index is 627. The smallest absolute Gasteiger partial charge is 0.201 e. The zero-order valence-corrected chi connectivity index (χ0v) is 10.9. The van der Waals surface area contributed by atoms with Gasteiger partial charge < -0.3 is 10.3 Å². The minimum Gasteiger partial charge on any atom is -0.369 e. The maximum Gasteiger partial charge on any atom is 0.201 e. The van der Waals surface area contributed by atoms with Gasteiger partial charge in [-0.25, -0.2) is 13.8 Å². The summed E-state index contributed by atoms with van der Waals surface area (Å²) >= 11 is 0. The lowest BCUT2D eigenvalue weighted by Gasteiger charge is -2.24. The van der Waals surface area contributed by atoms with Gasteiger partial charge in [-0.15, -0.1) is 0 Å². The number of nitrogens with zero attached hydrogens (tertiary/aromatic N) is 2. The highest BCUT2D eigenvalue weighted by Gasteiger charge is 2.31. The summed E-state index contributed by atoms with van der Waals surface area (Å²) in [4.78, 5) is 4.12. The molecule has 1 fully saturated rings. The molecule has 1 saturated carbocycles. The molecule has 0 aliphatic heterocycles. The first kappa shape index (κ1) is 12.4. The molecule has 0 unspecified atom stereocenters. The van der Waals surface area contributed by atoms with Gasteiger partial charge in [0.05, 0.1) is 5.52 Å². The molecule has 1 aliphatic rings. The Morgan fingerprint density at radius 1 is 1.32 bits per heavy atom. The number of benzene rings is 1. The predicted molar refractivity (Wildman–Crippen MR) is 70.6 cm³/mol. The van der Waals surface area contributed by atoms with E-state index in [1.165, 1.54) is 18.9 Å². The molecule has 0 radical (unpaired) electrons. The number of fused-ring (bicyclic) bond motifs is 1. The van der Waals surface area contributed by atoms with Gasteiger partial charge in [-0.05, 0) is 30.4 Å². The largest absolute Gasteiger partial charge is 0.369 e. The highest BCUT2D eigenvalue weighted by atomic mass is 19.2. The summed E-state index contributed by atoms with van der Waals surface area (Å²) in [5, 5.41) is 0. The molecule has 3 nitrogen and oxygen atoms in total. The molecule has 0 saturated heterocycles. The topological polar surface area (TPSA) is 43.8 Å². The number of nitrogen functional groups attached to an aromatic ring is 1. The summed E-state index contributed by atoms with van der Waals surface area (Å²) in [7, 11) is 0. The zero-order chi connectivity index (χ0) is 13.6. The first-order chi connectivity index (χ1) is 9.00. The van der Waals surface area contributed by atoms with Gasteiger partial charge >= 0.3 is 0 Å². The van der Waals surface area contributed by atoms with Gasteiger partial charge in [-0.3, -0.25) is 0 Å². The molecule has 0 amide bonds. The molecule has 2 aromatic rings. The van der Waals surface area contributed by atoms with E-state index in [9.17, 15) is 8.78 Å². The monoisotopic (exact) mass is 265 g/mol. The zero-order valence-electron chi connectivity index (χ0n) is 10.9. The fraction of sp³-hybridized carbons (Fsp3) is 0.500. The minimum atomic E-state index is -0.858. The van der Waals surface area contributed by atoms with Crippen molar-refractivity contribution < 1.29 is 8.78 Å². The van der Waals surface area contributed by atoms with Gasteiger partial charge in [-0.1, -0.05) is 19.8 Å². The van der Waals surface area contributed by atoms with Gasteiger partial charge in [0.15, 0.2) is 11.6 Å². The Hall–Kier alpha value is -1.65. The summed E-state index contributed by atoms with van der Waals surface area (Å²) in [6.45, 7) is 2.76. The molecule has 19 heavy (non-hydrogen) atoms.